The van der Waals surface area contributed by atoms with Gasteiger partial charge in [0.25, 0.3) is 0 Å². The second-order valence-electron chi connectivity index (χ2n) is 4.09. The lowest BCUT2D eigenvalue weighted by atomic mass is 10.4. The number of nitrogens with zero attached hydrogens (tertiary/aromatic N) is 3. The molecule has 0 saturated carbocycles. The van der Waals surface area contributed by atoms with Crippen molar-refractivity contribution in [3.8, 4) is 0 Å². The van der Waals surface area contributed by atoms with Crippen molar-refractivity contribution in [3.63, 3.8) is 0 Å². The first-order valence-corrected chi connectivity index (χ1v) is 7.47. The molecular weight excluding hydrogens is 375 g/mol. The van der Waals surface area contributed by atoms with E-state index in [9.17, 15) is 18.0 Å². The Bertz CT molecular complexity index is 675. The zero-order valence-electron chi connectivity index (χ0n) is 10.4. The van der Waals surface area contributed by atoms with Crippen LogP contribution in [0.3, 0.4) is 0 Å². The monoisotopic (exact) mass is 383 g/mol. The first-order chi connectivity index (χ1) is 9.76. The van der Waals surface area contributed by atoms with Crippen LogP contribution >= 0.6 is 27.7 Å². The molecule has 21 heavy (non-hydrogen) atoms. The highest BCUT2D eigenvalue weighted by Gasteiger charge is 2.28. The minimum Gasteiger partial charge on any atom is -0.481 e. The largest absolute Gasteiger partial charge is 0.481 e. The Balaban J connectivity index is 2.36. The quantitative estimate of drug-likeness (QED) is 0.802. The summed E-state index contributed by atoms with van der Waals surface area (Å²) < 4.78 is 39.1. The lowest BCUT2D eigenvalue weighted by molar-refractivity contribution is -0.137. The molecule has 10 heteroatoms. The second-order valence-corrected chi connectivity index (χ2v) is 5.95. The van der Waals surface area contributed by atoms with E-state index in [0.717, 1.165) is 11.8 Å². The Morgan fingerprint density at radius 2 is 2.19 bits per heavy atom. The van der Waals surface area contributed by atoms with Gasteiger partial charge in [0.05, 0.1) is 12.2 Å². The van der Waals surface area contributed by atoms with Crippen molar-refractivity contribution in [1.29, 1.82) is 0 Å². The van der Waals surface area contributed by atoms with E-state index in [1.807, 2.05) is 0 Å². The van der Waals surface area contributed by atoms with Gasteiger partial charge in [-0.25, -0.2) is 9.97 Å². The maximum Gasteiger partial charge on any atom is 0.390 e. The van der Waals surface area contributed by atoms with E-state index >= 15 is 0 Å². The van der Waals surface area contributed by atoms with E-state index < -0.39 is 18.6 Å². The lowest BCUT2D eigenvalue weighted by Gasteiger charge is -2.09. The first-order valence-electron chi connectivity index (χ1n) is 5.69. The highest BCUT2D eigenvalue weighted by Crippen LogP contribution is 2.27. The van der Waals surface area contributed by atoms with Crippen molar-refractivity contribution in [3.05, 3.63) is 16.7 Å². The molecule has 5 nitrogen and oxygen atoms in total. The third-order valence-corrected chi connectivity index (χ3v) is 3.85. The van der Waals surface area contributed by atoms with Crippen molar-refractivity contribution in [1.82, 2.24) is 14.5 Å². The summed E-state index contributed by atoms with van der Waals surface area (Å²) in [5.41, 5.74) is 0.717. The highest BCUT2D eigenvalue weighted by molar-refractivity contribution is 9.10. The van der Waals surface area contributed by atoms with Crippen LogP contribution in [0.15, 0.2) is 21.9 Å². The molecule has 0 amide bonds. The summed E-state index contributed by atoms with van der Waals surface area (Å²) in [4.78, 5) is 18.8. The molecule has 0 atom stereocenters. The van der Waals surface area contributed by atoms with Gasteiger partial charge in [0.15, 0.2) is 10.8 Å². The Morgan fingerprint density at radius 1 is 1.48 bits per heavy atom. The summed E-state index contributed by atoms with van der Waals surface area (Å²) in [6.07, 6.45) is -3.88. The fourth-order valence-electron chi connectivity index (χ4n) is 1.64. The number of halogens is 4. The van der Waals surface area contributed by atoms with Gasteiger partial charge >= 0.3 is 12.1 Å². The summed E-state index contributed by atoms with van der Waals surface area (Å²) in [5, 5.41) is 8.89. The van der Waals surface area contributed by atoms with Crippen molar-refractivity contribution < 1.29 is 23.1 Å². The molecule has 0 radical (unpaired) electrons. The van der Waals surface area contributed by atoms with Gasteiger partial charge in [0.2, 0.25) is 0 Å². The minimum atomic E-state index is -4.30. The van der Waals surface area contributed by atoms with Crippen molar-refractivity contribution in [2.45, 2.75) is 24.3 Å². The molecule has 0 spiro atoms. The molecule has 0 aromatic carbocycles. The lowest BCUT2D eigenvalue weighted by Crippen LogP contribution is -2.13. The zero-order chi connectivity index (χ0) is 15.6. The van der Waals surface area contributed by atoms with Crippen LogP contribution in [0.5, 0.6) is 0 Å². The number of aliphatic carboxylic acids is 1. The van der Waals surface area contributed by atoms with Gasteiger partial charge in [-0.15, -0.1) is 0 Å². The van der Waals surface area contributed by atoms with Crippen LogP contribution in [-0.2, 0) is 11.3 Å². The number of aromatic nitrogens is 3. The standard InChI is InChI=1S/C11H9BrF3N3O2S/c12-6-3-7-9(16-4-6)18(2-1-11(13,14)15)10(17-7)21-5-8(19)20/h3-4H,1-2,5H2,(H,19,20). The number of hydrogen-bond acceptors (Lipinski definition) is 4. The van der Waals surface area contributed by atoms with E-state index in [0.29, 0.717) is 15.6 Å². The normalized spacial score (nSPS) is 12.0. The predicted molar refractivity (Wildman–Crippen MR) is 74.3 cm³/mol. The summed E-state index contributed by atoms with van der Waals surface area (Å²) >= 11 is 4.07. The highest BCUT2D eigenvalue weighted by atomic mass is 79.9. The van der Waals surface area contributed by atoms with Gasteiger partial charge in [0.1, 0.15) is 5.52 Å². The number of alkyl halides is 3. The zero-order valence-corrected chi connectivity index (χ0v) is 12.8. The van der Waals surface area contributed by atoms with Gasteiger partial charge in [-0.3, -0.25) is 4.79 Å². The number of aryl methyl sites for hydroxylation is 1. The average Bonchev–Trinajstić information content (AvgIpc) is 2.69. The van der Waals surface area contributed by atoms with Gasteiger partial charge < -0.3 is 9.67 Å². The summed E-state index contributed by atoms with van der Waals surface area (Å²) in [6, 6.07) is 1.62. The van der Waals surface area contributed by atoms with E-state index in [1.165, 1.54) is 10.8 Å². The second kappa shape index (κ2) is 6.22. The van der Waals surface area contributed by atoms with Crippen LogP contribution in [0.4, 0.5) is 13.2 Å². The number of imidazole rings is 1. The predicted octanol–water partition coefficient (Wildman–Crippen LogP) is 3.32. The van der Waals surface area contributed by atoms with Crippen molar-refractivity contribution in [2.24, 2.45) is 0 Å². The summed E-state index contributed by atoms with van der Waals surface area (Å²) in [6.45, 7) is -0.351. The number of rotatable bonds is 5. The number of pyridine rings is 1. The fourth-order valence-corrected chi connectivity index (χ4v) is 2.71. The molecule has 2 rings (SSSR count). The fraction of sp³-hybridized carbons (Fsp3) is 0.364. The third-order valence-electron chi connectivity index (χ3n) is 2.46. The smallest absolute Gasteiger partial charge is 0.390 e. The number of carbonyl (C=O) groups is 1. The number of carboxylic acid groups (broad SMARTS) is 1. The molecule has 1 N–H and O–H groups in total. The van der Waals surface area contributed by atoms with E-state index in [2.05, 4.69) is 25.9 Å². The molecule has 0 aliphatic heterocycles. The van der Waals surface area contributed by atoms with Gasteiger partial charge in [-0.1, -0.05) is 11.8 Å². The molecule has 0 unspecified atom stereocenters. The van der Waals surface area contributed by atoms with Crippen LogP contribution in [0, 0.1) is 0 Å². The number of carboxylic acids is 1. The van der Waals surface area contributed by atoms with Gasteiger partial charge in [-0.2, -0.15) is 13.2 Å². The molecule has 0 saturated heterocycles. The topological polar surface area (TPSA) is 68.0 Å². The Morgan fingerprint density at radius 3 is 2.81 bits per heavy atom. The van der Waals surface area contributed by atoms with E-state index in [-0.39, 0.29) is 17.5 Å². The molecule has 0 fully saturated rings. The van der Waals surface area contributed by atoms with Gasteiger partial charge in [-0.05, 0) is 22.0 Å². The van der Waals surface area contributed by atoms with Gasteiger partial charge in [0, 0.05) is 17.2 Å². The SMILES string of the molecule is O=C(O)CSc1nc2cc(Br)cnc2n1CCC(F)(F)F. The maximum atomic E-state index is 12.4. The molecule has 114 valence electrons. The Hall–Kier alpha value is -1.29. The Kier molecular flexibility index (Phi) is 4.77. The molecule has 2 aromatic rings. The van der Waals surface area contributed by atoms with Crippen LogP contribution in [-0.4, -0.2) is 37.5 Å². The molecule has 2 heterocycles. The van der Waals surface area contributed by atoms with Crippen LogP contribution in [0.25, 0.3) is 11.2 Å². The number of hydrogen-bond donors (Lipinski definition) is 1. The average molecular weight is 384 g/mol. The van der Waals surface area contributed by atoms with Crippen LogP contribution < -0.4 is 0 Å². The molecule has 0 bridgehead atoms. The maximum absolute atomic E-state index is 12.4. The van der Waals surface area contributed by atoms with E-state index in [1.54, 1.807) is 6.07 Å². The van der Waals surface area contributed by atoms with Crippen molar-refractivity contribution in [2.75, 3.05) is 5.75 Å². The molecule has 2 aromatic heterocycles. The van der Waals surface area contributed by atoms with Crippen molar-refractivity contribution >= 4 is 44.8 Å². The molecular formula is C11H9BrF3N3O2S. The molecule has 0 aliphatic rings. The van der Waals surface area contributed by atoms with Crippen LogP contribution in [0.1, 0.15) is 6.42 Å². The van der Waals surface area contributed by atoms with E-state index in [4.69, 9.17) is 5.11 Å². The minimum absolute atomic E-state index is 0.210. The third kappa shape index (κ3) is 4.34. The van der Waals surface area contributed by atoms with Crippen LogP contribution in [0.2, 0.25) is 0 Å². The number of fused-ring (bicyclic) bond motifs is 1. The Labute approximate surface area is 129 Å². The summed E-state index contributed by atoms with van der Waals surface area (Å²) in [7, 11) is 0. The first kappa shape index (κ1) is 16.1. The summed E-state index contributed by atoms with van der Waals surface area (Å²) in [5.74, 6) is -1.35. The number of thioether (sulfide) groups is 1. The molecule has 0 aliphatic carbocycles.